The average molecular weight is 161 g/mol. The van der Waals surface area contributed by atoms with Crippen molar-refractivity contribution in [3.8, 4) is 0 Å². The van der Waals surface area contributed by atoms with E-state index in [0.29, 0.717) is 12.5 Å². The van der Waals surface area contributed by atoms with E-state index in [0.717, 1.165) is 26.2 Å². The van der Waals surface area contributed by atoms with Gasteiger partial charge in [-0.05, 0) is 25.3 Å². The zero-order valence-electron chi connectivity index (χ0n) is 6.81. The van der Waals surface area contributed by atoms with Gasteiger partial charge in [-0.25, -0.2) is 4.39 Å². The second-order valence-corrected chi connectivity index (χ2v) is 2.96. The molecule has 0 radical (unpaired) electrons. The summed E-state index contributed by atoms with van der Waals surface area (Å²) in [6.45, 7) is 2.97. The van der Waals surface area contributed by atoms with Crippen LogP contribution in [0.4, 0.5) is 4.39 Å². The Morgan fingerprint density at radius 3 is 3.00 bits per heavy atom. The van der Waals surface area contributed by atoms with Crippen LogP contribution in [-0.4, -0.2) is 33.0 Å². The SMILES string of the molecule is FCCNCCC1CCOC1. The number of halogens is 1. The van der Waals surface area contributed by atoms with Gasteiger partial charge < -0.3 is 10.1 Å². The lowest BCUT2D eigenvalue weighted by Crippen LogP contribution is -2.20. The number of ether oxygens (including phenoxy) is 1. The molecule has 1 N–H and O–H groups in total. The molecule has 1 saturated heterocycles. The van der Waals surface area contributed by atoms with Gasteiger partial charge in [-0.2, -0.15) is 0 Å². The number of hydrogen-bond acceptors (Lipinski definition) is 2. The van der Waals surface area contributed by atoms with Gasteiger partial charge in [-0.3, -0.25) is 0 Å². The molecular weight excluding hydrogens is 145 g/mol. The number of alkyl halides is 1. The minimum Gasteiger partial charge on any atom is -0.381 e. The molecule has 0 aromatic heterocycles. The fourth-order valence-electron chi connectivity index (χ4n) is 1.31. The average Bonchev–Trinajstić information content (AvgIpc) is 2.50. The molecule has 1 rings (SSSR count). The minimum atomic E-state index is -0.263. The summed E-state index contributed by atoms with van der Waals surface area (Å²) >= 11 is 0. The van der Waals surface area contributed by atoms with Crippen LogP contribution in [0.1, 0.15) is 12.8 Å². The molecule has 0 aromatic carbocycles. The molecule has 3 heteroatoms. The highest BCUT2D eigenvalue weighted by Gasteiger charge is 2.14. The summed E-state index contributed by atoms with van der Waals surface area (Å²) in [6.07, 6.45) is 2.30. The normalized spacial score (nSPS) is 24.3. The third-order valence-corrected chi connectivity index (χ3v) is 2.02. The van der Waals surface area contributed by atoms with Gasteiger partial charge in [0.1, 0.15) is 6.67 Å². The van der Waals surface area contributed by atoms with E-state index in [9.17, 15) is 4.39 Å². The van der Waals surface area contributed by atoms with E-state index in [2.05, 4.69) is 5.32 Å². The van der Waals surface area contributed by atoms with E-state index in [-0.39, 0.29) is 6.67 Å². The van der Waals surface area contributed by atoms with Crippen molar-refractivity contribution in [3.63, 3.8) is 0 Å². The lowest BCUT2D eigenvalue weighted by molar-refractivity contribution is 0.184. The molecule has 0 aliphatic carbocycles. The predicted octanol–water partition coefficient (Wildman–Crippen LogP) is 0.972. The maximum Gasteiger partial charge on any atom is 0.102 e. The van der Waals surface area contributed by atoms with Gasteiger partial charge in [0, 0.05) is 19.8 Å². The Balaban J connectivity index is 1.86. The molecule has 11 heavy (non-hydrogen) atoms. The molecule has 1 aliphatic rings. The van der Waals surface area contributed by atoms with Crippen LogP contribution in [0, 0.1) is 5.92 Å². The van der Waals surface area contributed by atoms with Crippen molar-refractivity contribution in [1.29, 1.82) is 0 Å². The Kier molecular flexibility index (Phi) is 4.47. The zero-order valence-corrected chi connectivity index (χ0v) is 6.81. The quantitative estimate of drug-likeness (QED) is 0.607. The molecule has 0 spiro atoms. The Morgan fingerprint density at radius 2 is 2.36 bits per heavy atom. The predicted molar refractivity (Wildman–Crippen MR) is 42.4 cm³/mol. The first-order valence-corrected chi connectivity index (χ1v) is 4.28. The molecule has 1 atom stereocenters. The third-order valence-electron chi connectivity index (χ3n) is 2.02. The standard InChI is InChI=1S/C8H16FNO/c9-3-5-10-4-1-8-2-6-11-7-8/h8,10H,1-7H2. The van der Waals surface area contributed by atoms with Gasteiger partial charge in [-0.15, -0.1) is 0 Å². The van der Waals surface area contributed by atoms with Crippen molar-refractivity contribution >= 4 is 0 Å². The van der Waals surface area contributed by atoms with Crippen LogP contribution in [0.15, 0.2) is 0 Å². The van der Waals surface area contributed by atoms with Crippen molar-refractivity contribution in [3.05, 3.63) is 0 Å². The maximum atomic E-state index is 11.6. The molecule has 0 amide bonds. The molecule has 1 heterocycles. The molecule has 0 bridgehead atoms. The van der Waals surface area contributed by atoms with Crippen LogP contribution in [0.3, 0.4) is 0 Å². The van der Waals surface area contributed by atoms with Crippen molar-refractivity contribution < 1.29 is 9.13 Å². The first kappa shape index (κ1) is 8.94. The Labute approximate surface area is 67.1 Å². The van der Waals surface area contributed by atoms with E-state index in [1.165, 1.54) is 6.42 Å². The summed E-state index contributed by atoms with van der Waals surface area (Å²) in [5.41, 5.74) is 0. The third kappa shape index (κ3) is 3.68. The fraction of sp³-hybridized carbons (Fsp3) is 1.00. The number of rotatable bonds is 5. The van der Waals surface area contributed by atoms with Crippen molar-refractivity contribution in [1.82, 2.24) is 5.32 Å². The first-order valence-electron chi connectivity index (χ1n) is 4.28. The molecule has 1 fully saturated rings. The highest BCUT2D eigenvalue weighted by Crippen LogP contribution is 2.14. The summed E-state index contributed by atoms with van der Waals surface area (Å²) < 4.78 is 16.8. The lowest BCUT2D eigenvalue weighted by Gasteiger charge is -2.06. The van der Waals surface area contributed by atoms with Crippen LogP contribution in [-0.2, 0) is 4.74 Å². The summed E-state index contributed by atoms with van der Waals surface area (Å²) in [6, 6.07) is 0. The van der Waals surface area contributed by atoms with Gasteiger partial charge in [-0.1, -0.05) is 0 Å². The molecule has 1 unspecified atom stereocenters. The second kappa shape index (κ2) is 5.49. The van der Waals surface area contributed by atoms with Crippen LogP contribution < -0.4 is 5.32 Å². The number of nitrogens with one attached hydrogen (secondary N) is 1. The molecule has 66 valence electrons. The Bertz CT molecular complexity index is 94.1. The highest BCUT2D eigenvalue weighted by molar-refractivity contribution is 4.64. The smallest absolute Gasteiger partial charge is 0.102 e. The van der Waals surface area contributed by atoms with Crippen LogP contribution in [0.25, 0.3) is 0 Å². The van der Waals surface area contributed by atoms with E-state index in [1.54, 1.807) is 0 Å². The van der Waals surface area contributed by atoms with Crippen LogP contribution >= 0.6 is 0 Å². The molecular formula is C8H16FNO. The van der Waals surface area contributed by atoms with Crippen molar-refractivity contribution in [2.24, 2.45) is 5.92 Å². The van der Waals surface area contributed by atoms with Crippen LogP contribution in [0.5, 0.6) is 0 Å². The number of hydrogen-bond donors (Lipinski definition) is 1. The second-order valence-electron chi connectivity index (χ2n) is 2.96. The van der Waals surface area contributed by atoms with E-state index in [4.69, 9.17) is 4.74 Å². The molecule has 0 aromatic rings. The lowest BCUT2D eigenvalue weighted by atomic mass is 10.1. The minimum absolute atomic E-state index is 0.263. The van der Waals surface area contributed by atoms with Gasteiger partial charge >= 0.3 is 0 Å². The maximum absolute atomic E-state index is 11.6. The monoisotopic (exact) mass is 161 g/mol. The van der Waals surface area contributed by atoms with Gasteiger partial charge in [0.15, 0.2) is 0 Å². The Morgan fingerprint density at radius 1 is 1.45 bits per heavy atom. The van der Waals surface area contributed by atoms with Crippen molar-refractivity contribution in [2.75, 3.05) is 33.0 Å². The molecule has 0 saturated carbocycles. The summed E-state index contributed by atoms with van der Waals surface area (Å²) in [5, 5.41) is 3.03. The van der Waals surface area contributed by atoms with E-state index in [1.807, 2.05) is 0 Å². The van der Waals surface area contributed by atoms with Gasteiger partial charge in [0.05, 0.1) is 0 Å². The van der Waals surface area contributed by atoms with E-state index >= 15 is 0 Å². The summed E-state index contributed by atoms with van der Waals surface area (Å²) in [4.78, 5) is 0. The molecule has 1 aliphatic heterocycles. The fourth-order valence-corrected chi connectivity index (χ4v) is 1.31. The summed E-state index contributed by atoms with van der Waals surface area (Å²) in [7, 11) is 0. The van der Waals surface area contributed by atoms with Crippen molar-refractivity contribution in [2.45, 2.75) is 12.8 Å². The van der Waals surface area contributed by atoms with E-state index < -0.39 is 0 Å². The highest BCUT2D eigenvalue weighted by atomic mass is 19.1. The zero-order chi connectivity index (χ0) is 7.94. The Hall–Kier alpha value is -0.150. The summed E-state index contributed by atoms with van der Waals surface area (Å²) in [5.74, 6) is 0.710. The van der Waals surface area contributed by atoms with Gasteiger partial charge in [0.2, 0.25) is 0 Å². The molecule has 2 nitrogen and oxygen atoms in total. The largest absolute Gasteiger partial charge is 0.381 e. The van der Waals surface area contributed by atoms with Crippen LogP contribution in [0.2, 0.25) is 0 Å². The first-order chi connectivity index (χ1) is 5.43. The van der Waals surface area contributed by atoms with Gasteiger partial charge in [0.25, 0.3) is 0 Å². The topological polar surface area (TPSA) is 21.3 Å².